The molecule has 0 aromatic heterocycles. The van der Waals surface area contributed by atoms with Crippen LogP contribution in [0.4, 0.5) is 17.6 Å². The van der Waals surface area contributed by atoms with Crippen LogP contribution < -0.4 is 0 Å². The Morgan fingerprint density at radius 2 is 1.57 bits per heavy atom. The monoisotopic (exact) mass is 326 g/mol. The first-order chi connectivity index (χ1) is 9.84. The van der Waals surface area contributed by atoms with Gasteiger partial charge in [-0.25, -0.2) is 17.6 Å². The molecule has 0 aliphatic rings. The fraction of sp³-hybridized carbons (Fsp3) is 0.538. The van der Waals surface area contributed by atoms with Crippen LogP contribution in [-0.4, -0.2) is 27.8 Å². The van der Waals surface area contributed by atoms with Crippen molar-refractivity contribution in [1.82, 2.24) is 0 Å². The maximum Gasteiger partial charge on any atom is 0.497 e. The van der Waals surface area contributed by atoms with Crippen molar-refractivity contribution in [3.63, 3.8) is 0 Å². The van der Waals surface area contributed by atoms with E-state index in [1.165, 1.54) is 14.2 Å². The van der Waals surface area contributed by atoms with Crippen molar-refractivity contribution in [2.24, 2.45) is 0 Å². The van der Waals surface area contributed by atoms with Gasteiger partial charge in [-0.2, -0.15) is 0 Å². The molecular weight excluding hydrogens is 308 g/mol. The van der Waals surface area contributed by atoms with Gasteiger partial charge >= 0.3 is 8.80 Å². The summed E-state index contributed by atoms with van der Waals surface area (Å²) in [4.78, 5) is 9.79. The molecule has 0 heterocycles. The van der Waals surface area contributed by atoms with Crippen LogP contribution in [0.3, 0.4) is 0 Å². The van der Waals surface area contributed by atoms with Crippen LogP contribution in [0.25, 0.3) is 0 Å². The molecule has 0 fully saturated rings. The van der Waals surface area contributed by atoms with Crippen molar-refractivity contribution in [3.8, 4) is 0 Å². The molecule has 3 nitrogen and oxygen atoms in total. The molecule has 120 valence electrons. The van der Waals surface area contributed by atoms with Crippen LogP contribution in [0.1, 0.15) is 24.8 Å². The third-order valence-corrected chi connectivity index (χ3v) is 5.52. The average Bonchev–Trinajstić information content (AvgIpc) is 2.49. The molecule has 0 radical (unpaired) electrons. The van der Waals surface area contributed by atoms with Crippen molar-refractivity contribution in [2.45, 2.75) is 31.7 Å². The summed E-state index contributed by atoms with van der Waals surface area (Å²) in [5, 5.41) is 0. The quantitative estimate of drug-likeness (QED) is 0.262. The van der Waals surface area contributed by atoms with E-state index in [-0.39, 0.29) is 12.0 Å². The van der Waals surface area contributed by atoms with E-state index in [0.29, 0.717) is 31.4 Å². The van der Waals surface area contributed by atoms with Crippen molar-refractivity contribution >= 4 is 8.80 Å². The smallest absolute Gasteiger partial charge is 0.390 e. The Morgan fingerprint density at radius 1 is 0.952 bits per heavy atom. The highest BCUT2D eigenvalue weighted by Gasteiger charge is 2.33. The SMILES string of the molecule is CO[Si](O)(CCCCCc1cc(F)c(F)c(F)c1F)OC. The van der Waals surface area contributed by atoms with Gasteiger partial charge in [0.25, 0.3) is 0 Å². The van der Waals surface area contributed by atoms with Gasteiger partial charge in [0, 0.05) is 20.3 Å². The zero-order chi connectivity index (χ0) is 16.0. The lowest BCUT2D eigenvalue weighted by atomic mass is 10.1. The lowest BCUT2D eigenvalue weighted by Gasteiger charge is -2.19. The number of halogens is 4. The zero-order valence-corrected chi connectivity index (χ0v) is 12.9. The summed E-state index contributed by atoms with van der Waals surface area (Å²) in [6, 6.07) is 1.01. The van der Waals surface area contributed by atoms with Crippen LogP contribution >= 0.6 is 0 Å². The highest BCUT2D eigenvalue weighted by atomic mass is 28.4. The summed E-state index contributed by atoms with van der Waals surface area (Å²) in [5.41, 5.74) is -0.197. The first-order valence-corrected chi connectivity index (χ1v) is 8.46. The van der Waals surface area contributed by atoms with E-state index < -0.39 is 32.1 Å². The predicted molar refractivity (Wildman–Crippen MR) is 70.6 cm³/mol. The predicted octanol–water partition coefficient (Wildman–Crippen LogP) is 3.18. The third-order valence-electron chi connectivity index (χ3n) is 3.25. The first kappa shape index (κ1) is 18.1. The van der Waals surface area contributed by atoms with E-state index in [9.17, 15) is 22.4 Å². The summed E-state index contributed by atoms with van der Waals surface area (Å²) in [7, 11) is -0.394. The molecule has 1 N–H and O–H groups in total. The summed E-state index contributed by atoms with van der Waals surface area (Å²) in [6.45, 7) is 0. The lowest BCUT2D eigenvalue weighted by Crippen LogP contribution is -2.39. The van der Waals surface area contributed by atoms with E-state index >= 15 is 0 Å². The molecular formula is C13H18F4O3Si. The maximum atomic E-state index is 13.4. The molecule has 8 heteroatoms. The normalized spacial score (nSPS) is 12.0. The number of unbranched alkanes of at least 4 members (excludes halogenated alkanes) is 2. The van der Waals surface area contributed by atoms with Gasteiger partial charge in [-0.3, -0.25) is 0 Å². The Labute approximate surface area is 121 Å². The number of hydrogen-bond donors (Lipinski definition) is 1. The number of benzene rings is 1. The molecule has 1 aromatic rings. The lowest BCUT2D eigenvalue weighted by molar-refractivity contribution is 0.150. The fourth-order valence-corrected chi connectivity index (χ4v) is 3.20. The first-order valence-electron chi connectivity index (χ1n) is 6.49. The Kier molecular flexibility index (Phi) is 6.79. The largest absolute Gasteiger partial charge is 0.497 e. The van der Waals surface area contributed by atoms with E-state index in [2.05, 4.69) is 0 Å². The highest BCUT2D eigenvalue weighted by Crippen LogP contribution is 2.21. The van der Waals surface area contributed by atoms with Crippen LogP contribution in [0.5, 0.6) is 0 Å². The van der Waals surface area contributed by atoms with Gasteiger partial charge < -0.3 is 13.6 Å². The van der Waals surface area contributed by atoms with Crippen LogP contribution in [0.2, 0.25) is 6.04 Å². The van der Waals surface area contributed by atoms with Crippen molar-refractivity contribution in [3.05, 3.63) is 34.9 Å². The molecule has 0 bridgehead atoms. The minimum atomic E-state index is -3.11. The minimum Gasteiger partial charge on any atom is -0.390 e. The van der Waals surface area contributed by atoms with E-state index in [4.69, 9.17) is 8.85 Å². The van der Waals surface area contributed by atoms with Crippen LogP contribution in [0, 0.1) is 23.3 Å². The zero-order valence-electron chi connectivity index (χ0n) is 11.9. The second-order valence-corrected chi connectivity index (χ2v) is 7.38. The van der Waals surface area contributed by atoms with E-state index in [0.717, 1.165) is 0 Å². The Hall–Kier alpha value is -0.963. The van der Waals surface area contributed by atoms with Gasteiger partial charge in [-0.15, -0.1) is 0 Å². The molecule has 0 unspecified atom stereocenters. The van der Waals surface area contributed by atoms with Crippen LogP contribution in [0.15, 0.2) is 6.07 Å². The number of rotatable bonds is 8. The number of hydrogen-bond acceptors (Lipinski definition) is 3. The molecule has 0 aliphatic carbocycles. The molecule has 0 amide bonds. The summed E-state index contributed by atoms with van der Waals surface area (Å²) in [5.74, 6) is -6.34. The number of aryl methyl sites for hydroxylation is 1. The van der Waals surface area contributed by atoms with Crippen molar-refractivity contribution in [2.75, 3.05) is 14.2 Å². The van der Waals surface area contributed by atoms with Gasteiger partial charge in [0.05, 0.1) is 0 Å². The Bertz CT molecular complexity index is 481. The third kappa shape index (κ3) is 4.77. The molecule has 0 spiro atoms. The molecule has 0 atom stereocenters. The summed E-state index contributed by atoms with van der Waals surface area (Å²) < 4.78 is 62.0. The average molecular weight is 326 g/mol. The molecule has 21 heavy (non-hydrogen) atoms. The standard InChI is InChI=1S/C13H18F4O3Si/c1-19-21(18,20-2)7-5-3-4-6-9-8-10(14)12(16)13(17)11(9)15/h8,18H,3-7H2,1-2H3. The molecule has 0 aliphatic heterocycles. The second kappa shape index (κ2) is 7.88. The van der Waals surface area contributed by atoms with Crippen molar-refractivity contribution in [1.29, 1.82) is 0 Å². The second-order valence-electron chi connectivity index (χ2n) is 4.64. The van der Waals surface area contributed by atoms with Gasteiger partial charge in [0.15, 0.2) is 23.3 Å². The van der Waals surface area contributed by atoms with Gasteiger partial charge in [-0.1, -0.05) is 6.42 Å². The Balaban J connectivity index is 2.47. The van der Waals surface area contributed by atoms with Gasteiger partial charge in [0.1, 0.15) is 0 Å². The van der Waals surface area contributed by atoms with Gasteiger partial charge in [-0.05, 0) is 30.9 Å². The van der Waals surface area contributed by atoms with Crippen molar-refractivity contribution < 1.29 is 31.2 Å². The molecule has 0 saturated carbocycles. The summed E-state index contributed by atoms with van der Waals surface area (Å²) in [6.07, 6.45) is 1.68. The fourth-order valence-electron chi connectivity index (χ4n) is 1.93. The van der Waals surface area contributed by atoms with Crippen LogP contribution in [-0.2, 0) is 15.3 Å². The highest BCUT2D eigenvalue weighted by molar-refractivity contribution is 6.59. The van der Waals surface area contributed by atoms with E-state index in [1.54, 1.807) is 0 Å². The summed E-state index contributed by atoms with van der Waals surface area (Å²) >= 11 is 0. The Morgan fingerprint density at radius 3 is 2.14 bits per heavy atom. The topological polar surface area (TPSA) is 38.7 Å². The molecule has 1 rings (SSSR count). The van der Waals surface area contributed by atoms with Gasteiger partial charge in [0.2, 0.25) is 0 Å². The minimum absolute atomic E-state index is 0.0832. The molecule has 1 aromatic carbocycles. The molecule has 0 saturated heterocycles. The maximum absolute atomic E-state index is 13.4. The van der Waals surface area contributed by atoms with E-state index in [1.807, 2.05) is 0 Å².